The Balaban J connectivity index is 1.92. The van der Waals surface area contributed by atoms with Crippen molar-refractivity contribution in [2.75, 3.05) is 13.1 Å². The van der Waals surface area contributed by atoms with E-state index in [1.54, 1.807) is 0 Å². The zero-order chi connectivity index (χ0) is 17.1. The highest BCUT2D eigenvalue weighted by Crippen LogP contribution is 2.26. The Hall–Kier alpha value is -1.89. The van der Waals surface area contributed by atoms with E-state index in [1.165, 1.54) is 0 Å². The van der Waals surface area contributed by atoms with E-state index in [1.807, 2.05) is 37.3 Å². The molecule has 7 heteroatoms. The number of aliphatic carboxylic acids is 1. The second kappa shape index (κ2) is 7.12. The third kappa shape index (κ3) is 3.72. The quantitative estimate of drug-likeness (QED) is 0.787. The van der Waals surface area contributed by atoms with Crippen LogP contribution in [-0.4, -0.2) is 56.8 Å². The number of aromatic nitrogens is 2. The van der Waals surface area contributed by atoms with Gasteiger partial charge >= 0.3 is 5.97 Å². The lowest BCUT2D eigenvalue weighted by Crippen LogP contribution is -2.54. The van der Waals surface area contributed by atoms with Crippen LogP contribution in [0.25, 0.3) is 0 Å². The molecule has 0 bridgehead atoms. The number of carbonyl (C=O) groups excluding carboxylic acids is 1. The molecular formula is C16H26N4O3. The van der Waals surface area contributed by atoms with Crippen LogP contribution in [0.1, 0.15) is 48.4 Å². The number of hydrogen-bond acceptors (Lipinski definition) is 4. The minimum Gasteiger partial charge on any atom is -0.480 e. The van der Waals surface area contributed by atoms with Crippen LogP contribution in [-0.2, 0) is 11.3 Å². The Morgan fingerprint density at radius 3 is 2.48 bits per heavy atom. The van der Waals surface area contributed by atoms with Gasteiger partial charge in [-0.15, -0.1) is 0 Å². The van der Waals surface area contributed by atoms with Crippen molar-refractivity contribution in [1.29, 1.82) is 0 Å². The molecule has 1 aromatic rings. The maximum atomic E-state index is 12.5. The molecule has 0 unspecified atom stereocenters. The number of aryl methyl sites for hydroxylation is 2. The Bertz CT molecular complexity index is 590. The lowest BCUT2D eigenvalue weighted by atomic mass is 9.85. The molecule has 2 rings (SSSR count). The number of nitrogens with zero attached hydrogens (tertiary/aromatic N) is 3. The summed E-state index contributed by atoms with van der Waals surface area (Å²) in [6.45, 7) is 9.23. The highest BCUT2D eigenvalue weighted by atomic mass is 16.4. The summed E-state index contributed by atoms with van der Waals surface area (Å²) < 4.78 is 1.83. The fraction of sp³-hybridized carbons (Fsp3) is 0.688. The SMILES string of the molecule is CCN(CC(=O)O)C1CC(NC(=O)c2c(C)nn(CC)c2C)C1. The molecule has 0 aliphatic heterocycles. The highest BCUT2D eigenvalue weighted by molar-refractivity contribution is 5.96. The summed E-state index contributed by atoms with van der Waals surface area (Å²) in [5.41, 5.74) is 2.30. The Kier molecular flexibility index (Phi) is 5.41. The summed E-state index contributed by atoms with van der Waals surface area (Å²) in [5, 5.41) is 16.3. The number of carboxylic acid groups (broad SMARTS) is 1. The largest absolute Gasteiger partial charge is 0.480 e. The number of likely N-dealkylation sites (N-methyl/N-ethyl adjacent to an activating group) is 1. The molecule has 23 heavy (non-hydrogen) atoms. The van der Waals surface area contributed by atoms with E-state index >= 15 is 0 Å². The molecule has 1 saturated carbocycles. The van der Waals surface area contributed by atoms with Gasteiger partial charge < -0.3 is 10.4 Å². The third-order valence-electron chi connectivity index (χ3n) is 4.62. The van der Waals surface area contributed by atoms with E-state index < -0.39 is 5.97 Å². The van der Waals surface area contributed by atoms with Crippen LogP contribution in [0.3, 0.4) is 0 Å². The van der Waals surface area contributed by atoms with Crippen molar-refractivity contribution >= 4 is 11.9 Å². The standard InChI is InChI=1S/C16H26N4O3/c1-5-19(9-14(21)22)13-7-12(8-13)17-16(23)15-10(3)18-20(6-2)11(15)4/h12-13H,5-9H2,1-4H3,(H,17,23)(H,21,22). The summed E-state index contributed by atoms with van der Waals surface area (Å²) in [6, 6.07) is 0.348. The number of carbonyl (C=O) groups is 2. The van der Waals surface area contributed by atoms with Crippen molar-refractivity contribution in [3.8, 4) is 0 Å². The molecule has 1 heterocycles. The minimum absolute atomic E-state index is 0.0588. The zero-order valence-electron chi connectivity index (χ0n) is 14.3. The molecule has 128 valence electrons. The zero-order valence-corrected chi connectivity index (χ0v) is 14.3. The average molecular weight is 322 g/mol. The van der Waals surface area contributed by atoms with Gasteiger partial charge in [0.05, 0.1) is 17.8 Å². The Morgan fingerprint density at radius 1 is 1.35 bits per heavy atom. The maximum Gasteiger partial charge on any atom is 0.317 e. The first-order chi connectivity index (χ1) is 10.9. The molecule has 0 atom stereocenters. The minimum atomic E-state index is -0.808. The van der Waals surface area contributed by atoms with Crippen molar-refractivity contribution in [3.63, 3.8) is 0 Å². The van der Waals surface area contributed by atoms with Gasteiger partial charge in [0.2, 0.25) is 0 Å². The first kappa shape index (κ1) is 17.5. The number of rotatable bonds is 7. The topological polar surface area (TPSA) is 87.5 Å². The summed E-state index contributed by atoms with van der Waals surface area (Å²) >= 11 is 0. The van der Waals surface area contributed by atoms with Crippen LogP contribution in [0.2, 0.25) is 0 Å². The van der Waals surface area contributed by atoms with Gasteiger partial charge in [0.15, 0.2) is 0 Å². The van der Waals surface area contributed by atoms with E-state index in [0.717, 1.165) is 30.8 Å². The number of amides is 1. The molecule has 0 spiro atoms. The van der Waals surface area contributed by atoms with Gasteiger partial charge in [0, 0.05) is 24.3 Å². The predicted octanol–water partition coefficient (Wildman–Crippen LogP) is 1.19. The summed E-state index contributed by atoms with van der Waals surface area (Å²) in [7, 11) is 0. The van der Waals surface area contributed by atoms with Gasteiger partial charge in [-0.3, -0.25) is 19.2 Å². The monoisotopic (exact) mass is 322 g/mol. The van der Waals surface area contributed by atoms with Crippen LogP contribution < -0.4 is 5.32 Å². The predicted molar refractivity (Wildman–Crippen MR) is 86.5 cm³/mol. The van der Waals surface area contributed by atoms with Crippen molar-refractivity contribution < 1.29 is 14.7 Å². The molecule has 7 nitrogen and oxygen atoms in total. The summed E-state index contributed by atoms with van der Waals surface area (Å²) in [5.74, 6) is -0.887. The summed E-state index contributed by atoms with van der Waals surface area (Å²) in [6.07, 6.45) is 1.60. The molecule has 1 aromatic heterocycles. The Morgan fingerprint density at radius 2 is 2.00 bits per heavy atom. The molecular weight excluding hydrogens is 296 g/mol. The van der Waals surface area contributed by atoms with E-state index in [9.17, 15) is 9.59 Å². The van der Waals surface area contributed by atoms with Gasteiger partial charge in [0.1, 0.15) is 0 Å². The maximum absolute atomic E-state index is 12.5. The molecule has 1 amide bonds. The first-order valence-corrected chi connectivity index (χ1v) is 8.18. The van der Waals surface area contributed by atoms with Gasteiger partial charge in [0.25, 0.3) is 5.91 Å². The fourth-order valence-corrected chi connectivity index (χ4v) is 3.27. The third-order valence-corrected chi connectivity index (χ3v) is 4.62. The fourth-order valence-electron chi connectivity index (χ4n) is 3.27. The van der Waals surface area contributed by atoms with E-state index in [2.05, 4.69) is 10.4 Å². The van der Waals surface area contributed by atoms with Gasteiger partial charge in [-0.1, -0.05) is 6.92 Å². The van der Waals surface area contributed by atoms with Crippen molar-refractivity contribution in [3.05, 3.63) is 17.0 Å². The van der Waals surface area contributed by atoms with Crippen LogP contribution in [0.4, 0.5) is 0 Å². The second-order valence-corrected chi connectivity index (χ2v) is 6.11. The van der Waals surface area contributed by atoms with Crippen molar-refractivity contribution in [2.24, 2.45) is 0 Å². The lowest BCUT2D eigenvalue weighted by molar-refractivity contribution is -0.139. The van der Waals surface area contributed by atoms with Crippen molar-refractivity contribution in [1.82, 2.24) is 20.0 Å². The number of hydrogen-bond donors (Lipinski definition) is 2. The highest BCUT2D eigenvalue weighted by Gasteiger charge is 2.35. The van der Waals surface area contributed by atoms with Crippen LogP contribution in [0.15, 0.2) is 0 Å². The molecule has 0 aromatic carbocycles. The van der Waals surface area contributed by atoms with Crippen LogP contribution in [0.5, 0.6) is 0 Å². The van der Waals surface area contributed by atoms with E-state index in [-0.39, 0.29) is 24.5 Å². The number of carboxylic acids is 1. The van der Waals surface area contributed by atoms with E-state index in [4.69, 9.17) is 5.11 Å². The second-order valence-electron chi connectivity index (χ2n) is 6.11. The normalized spacial score (nSPS) is 20.4. The van der Waals surface area contributed by atoms with Gasteiger partial charge in [-0.25, -0.2) is 0 Å². The lowest BCUT2D eigenvalue weighted by Gasteiger charge is -2.42. The van der Waals surface area contributed by atoms with E-state index in [0.29, 0.717) is 12.1 Å². The smallest absolute Gasteiger partial charge is 0.317 e. The molecule has 2 N–H and O–H groups in total. The molecule has 1 aliphatic carbocycles. The number of nitrogens with one attached hydrogen (secondary N) is 1. The van der Waals surface area contributed by atoms with Crippen LogP contribution in [0, 0.1) is 13.8 Å². The van der Waals surface area contributed by atoms with Gasteiger partial charge in [-0.05, 0) is 40.2 Å². The Labute approximate surface area is 136 Å². The molecule has 0 radical (unpaired) electrons. The van der Waals surface area contributed by atoms with Crippen LogP contribution >= 0.6 is 0 Å². The van der Waals surface area contributed by atoms with Gasteiger partial charge in [-0.2, -0.15) is 5.10 Å². The van der Waals surface area contributed by atoms with Crippen molar-refractivity contribution in [2.45, 2.75) is 59.2 Å². The average Bonchev–Trinajstić information content (AvgIpc) is 2.74. The first-order valence-electron chi connectivity index (χ1n) is 8.18. The molecule has 1 aliphatic rings. The summed E-state index contributed by atoms with van der Waals surface area (Å²) in [4.78, 5) is 25.3. The molecule has 0 saturated heterocycles. The molecule has 1 fully saturated rings.